The fraction of sp³-hybridized carbons (Fsp3) is 0.125. The highest BCUT2D eigenvalue weighted by Gasteiger charge is 2.33. The Labute approximate surface area is 119 Å². The highest BCUT2D eigenvalue weighted by molar-refractivity contribution is 5.72. The molecule has 0 radical (unpaired) electrons. The highest BCUT2D eigenvalue weighted by atomic mass is 19.4. The number of rotatable bonds is 2. The molecule has 106 valence electrons. The molecule has 0 aliphatic heterocycles. The zero-order valence-electron chi connectivity index (χ0n) is 10.9. The van der Waals surface area contributed by atoms with Gasteiger partial charge in [0.25, 0.3) is 0 Å². The van der Waals surface area contributed by atoms with Crippen LogP contribution >= 0.6 is 0 Å². The van der Waals surface area contributed by atoms with E-state index in [4.69, 9.17) is 0 Å². The van der Waals surface area contributed by atoms with Crippen molar-refractivity contribution >= 4 is 11.4 Å². The average Bonchev–Trinajstić information content (AvgIpc) is 2.88. The van der Waals surface area contributed by atoms with Crippen molar-refractivity contribution in [3.8, 4) is 0 Å². The third kappa shape index (κ3) is 2.72. The van der Waals surface area contributed by atoms with Crippen LogP contribution in [0.3, 0.4) is 0 Å². The molecule has 0 unspecified atom stereocenters. The predicted molar refractivity (Wildman–Crippen MR) is 74.1 cm³/mol. The van der Waals surface area contributed by atoms with Gasteiger partial charge in [0.05, 0.1) is 16.9 Å². The summed E-state index contributed by atoms with van der Waals surface area (Å²) in [6, 6.07) is 12.8. The molecule has 0 bridgehead atoms. The summed E-state index contributed by atoms with van der Waals surface area (Å²) < 4.78 is 38.6. The molecule has 0 fully saturated rings. The summed E-state index contributed by atoms with van der Waals surface area (Å²) in [7, 11) is 0. The fourth-order valence-corrected chi connectivity index (χ4v) is 2.27. The summed E-state index contributed by atoms with van der Waals surface area (Å²) in [5.41, 5.74) is 1.69. The third-order valence-corrected chi connectivity index (χ3v) is 3.28. The van der Waals surface area contributed by atoms with Gasteiger partial charge in [0.1, 0.15) is 0 Å². The first-order chi connectivity index (χ1) is 10.1. The van der Waals surface area contributed by atoms with Crippen molar-refractivity contribution in [2.24, 2.45) is 10.2 Å². The van der Waals surface area contributed by atoms with E-state index in [0.29, 0.717) is 5.70 Å². The Morgan fingerprint density at radius 2 is 1.57 bits per heavy atom. The lowest BCUT2D eigenvalue weighted by Crippen LogP contribution is -2.04. The monoisotopic (exact) mass is 288 g/mol. The van der Waals surface area contributed by atoms with Crippen LogP contribution in [0.15, 0.2) is 64.8 Å². The molecule has 0 saturated heterocycles. The first-order valence-electron chi connectivity index (χ1n) is 6.42. The first-order valence-corrected chi connectivity index (χ1v) is 6.42. The molecule has 0 aromatic heterocycles. The molecule has 5 heteroatoms. The maximum atomic E-state index is 12.9. The maximum absolute atomic E-state index is 12.9. The maximum Gasteiger partial charge on any atom is 0.418 e. The van der Waals surface area contributed by atoms with Crippen molar-refractivity contribution in [3.63, 3.8) is 0 Å². The van der Waals surface area contributed by atoms with Crippen LogP contribution in [0.5, 0.6) is 0 Å². The number of fused-ring (bicyclic) bond motifs is 1. The van der Waals surface area contributed by atoms with Crippen LogP contribution in [-0.4, -0.2) is 0 Å². The van der Waals surface area contributed by atoms with Crippen LogP contribution in [0.4, 0.5) is 18.9 Å². The minimum Gasteiger partial charge on any atom is -0.166 e. The highest BCUT2D eigenvalue weighted by Crippen LogP contribution is 2.37. The minimum atomic E-state index is -4.43. The van der Waals surface area contributed by atoms with Crippen molar-refractivity contribution in [1.29, 1.82) is 0 Å². The van der Waals surface area contributed by atoms with Gasteiger partial charge >= 0.3 is 6.18 Å². The Balaban J connectivity index is 1.92. The zero-order chi connectivity index (χ0) is 14.9. The topological polar surface area (TPSA) is 24.7 Å². The standard InChI is InChI=1S/C16H11F3N2/c17-16(18,19)13-7-3-4-8-15(13)21-20-14-10-9-11-5-1-2-6-12(11)14/h1-8,10H,9H2. The van der Waals surface area contributed by atoms with Crippen LogP contribution in [-0.2, 0) is 12.6 Å². The summed E-state index contributed by atoms with van der Waals surface area (Å²) in [4.78, 5) is 0. The molecular weight excluding hydrogens is 277 g/mol. The van der Waals surface area contributed by atoms with E-state index in [1.807, 2.05) is 30.3 Å². The lowest BCUT2D eigenvalue weighted by Gasteiger charge is -2.08. The predicted octanol–water partition coefficient (Wildman–Crippen LogP) is 5.39. The lowest BCUT2D eigenvalue weighted by atomic mass is 10.1. The van der Waals surface area contributed by atoms with E-state index >= 15 is 0 Å². The van der Waals surface area contributed by atoms with E-state index in [1.54, 1.807) is 0 Å². The molecule has 2 aromatic carbocycles. The van der Waals surface area contributed by atoms with Gasteiger partial charge in [0.2, 0.25) is 0 Å². The Morgan fingerprint density at radius 1 is 0.857 bits per heavy atom. The van der Waals surface area contributed by atoms with E-state index in [-0.39, 0.29) is 5.69 Å². The van der Waals surface area contributed by atoms with Gasteiger partial charge in [-0.1, -0.05) is 42.5 Å². The van der Waals surface area contributed by atoms with Crippen LogP contribution in [0.1, 0.15) is 16.7 Å². The van der Waals surface area contributed by atoms with Crippen LogP contribution < -0.4 is 0 Å². The van der Waals surface area contributed by atoms with Gasteiger partial charge in [0, 0.05) is 5.56 Å². The minimum absolute atomic E-state index is 0.171. The third-order valence-electron chi connectivity index (χ3n) is 3.28. The molecule has 2 nitrogen and oxygen atoms in total. The Hall–Kier alpha value is -2.43. The fourth-order valence-electron chi connectivity index (χ4n) is 2.27. The number of hydrogen-bond acceptors (Lipinski definition) is 2. The molecule has 0 spiro atoms. The van der Waals surface area contributed by atoms with Gasteiger partial charge in [-0.2, -0.15) is 18.3 Å². The molecule has 21 heavy (non-hydrogen) atoms. The largest absolute Gasteiger partial charge is 0.418 e. The number of hydrogen-bond donors (Lipinski definition) is 0. The average molecular weight is 288 g/mol. The molecule has 0 atom stereocenters. The van der Waals surface area contributed by atoms with Gasteiger partial charge in [0.15, 0.2) is 0 Å². The van der Waals surface area contributed by atoms with Crippen molar-refractivity contribution in [1.82, 2.24) is 0 Å². The molecule has 3 rings (SSSR count). The molecular formula is C16H11F3N2. The van der Waals surface area contributed by atoms with Crippen molar-refractivity contribution < 1.29 is 13.2 Å². The molecule has 0 saturated carbocycles. The van der Waals surface area contributed by atoms with Crippen molar-refractivity contribution in [2.75, 3.05) is 0 Å². The second kappa shape index (κ2) is 5.16. The summed E-state index contributed by atoms with van der Waals surface area (Å²) in [6.45, 7) is 0. The molecule has 0 heterocycles. The second-order valence-electron chi connectivity index (χ2n) is 4.67. The lowest BCUT2D eigenvalue weighted by molar-refractivity contribution is -0.137. The number of nitrogens with zero attached hydrogens (tertiary/aromatic N) is 2. The second-order valence-corrected chi connectivity index (χ2v) is 4.67. The van der Waals surface area contributed by atoms with Crippen LogP contribution in [0.2, 0.25) is 0 Å². The van der Waals surface area contributed by atoms with E-state index in [0.717, 1.165) is 23.6 Å². The SMILES string of the molecule is FC(F)(F)c1ccccc1N=NC1=CCc2ccccc21. The number of allylic oxidation sites excluding steroid dienone is 1. The zero-order valence-corrected chi connectivity index (χ0v) is 10.9. The number of benzene rings is 2. The molecule has 1 aliphatic rings. The van der Waals surface area contributed by atoms with Gasteiger partial charge in [-0.15, -0.1) is 5.11 Å². The summed E-state index contributed by atoms with van der Waals surface area (Å²) in [5.74, 6) is 0. The van der Waals surface area contributed by atoms with E-state index in [9.17, 15) is 13.2 Å². The van der Waals surface area contributed by atoms with Gasteiger partial charge in [-0.25, -0.2) is 0 Å². The number of azo groups is 1. The Morgan fingerprint density at radius 3 is 2.38 bits per heavy atom. The number of alkyl halides is 3. The quantitative estimate of drug-likeness (QED) is 0.662. The number of halogens is 3. The molecule has 0 amide bonds. The molecule has 1 aliphatic carbocycles. The smallest absolute Gasteiger partial charge is 0.166 e. The molecule has 0 N–H and O–H groups in total. The summed E-state index contributed by atoms with van der Waals surface area (Å²) in [5, 5.41) is 7.79. The van der Waals surface area contributed by atoms with Crippen LogP contribution in [0, 0.1) is 0 Å². The molecule has 2 aromatic rings. The Bertz CT molecular complexity index is 730. The normalized spacial score (nSPS) is 14.3. The Kier molecular flexibility index (Phi) is 3.33. The van der Waals surface area contributed by atoms with Gasteiger partial charge in [-0.05, 0) is 24.1 Å². The van der Waals surface area contributed by atoms with E-state index in [2.05, 4.69) is 10.2 Å². The van der Waals surface area contributed by atoms with E-state index < -0.39 is 11.7 Å². The van der Waals surface area contributed by atoms with Gasteiger partial charge in [-0.3, -0.25) is 0 Å². The van der Waals surface area contributed by atoms with Crippen LogP contribution in [0.25, 0.3) is 5.70 Å². The van der Waals surface area contributed by atoms with Gasteiger partial charge < -0.3 is 0 Å². The van der Waals surface area contributed by atoms with Crippen molar-refractivity contribution in [3.05, 3.63) is 71.3 Å². The van der Waals surface area contributed by atoms with E-state index in [1.165, 1.54) is 18.2 Å². The first kappa shape index (κ1) is 13.5. The van der Waals surface area contributed by atoms with Crippen molar-refractivity contribution in [2.45, 2.75) is 12.6 Å². The summed E-state index contributed by atoms with van der Waals surface area (Å²) >= 11 is 0. The summed E-state index contributed by atoms with van der Waals surface area (Å²) in [6.07, 6.45) is -1.84.